The zero-order chi connectivity index (χ0) is 23.6. The van der Waals surface area contributed by atoms with Gasteiger partial charge in [-0.3, -0.25) is 9.59 Å². The minimum absolute atomic E-state index is 0.0328. The number of rotatable bonds is 10. The fourth-order valence-electron chi connectivity index (χ4n) is 3.48. The number of nitrogens with one attached hydrogen (secondary N) is 1. The first-order valence-electron chi connectivity index (χ1n) is 10.6. The Morgan fingerprint density at radius 3 is 2.06 bits per heavy atom. The van der Waals surface area contributed by atoms with Crippen LogP contribution in [0.25, 0.3) is 0 Å². The highest BCUT2D eigenvalue weighted by Crippen LogP contribution is 2.20. The molecular weight excluding hydrogens is 442 g/mol. The molecule has 4 nitrogen and oxygen atoms in total. The molecule has 0 aromatic heterocycles. The van der Waals surface area contributed by atoms with Crippen LogP contribution >= 0.6 is 11.8 Å². The van der Waals surface area contributed by atoms with Crippen LogP contribution in [0.3, 0.4) is 0 Å². The second-order valence-corrected chi connectivity index (χ2v) is 8.50. The lowest BCUT2D eigenvalue weighted by Crippen LogP contribution is -2.50. The third-order valence-corrected chi connectivity index (χ3v) is 6.22. The van der Waals surface area contributed by atoms with E-state index in [1.54, 1.807) is 36.4 Å². The Hall–Kier alpha value is -3.19. The van der Waals surface area contributed by atoms with Gasteiger partial charge < -0.3 is 10.2 Å². The lowest BCUT2D eigenvalue weighted by atomic mass is 10.0. The Balaban J connectivity index is 1.83. The van der Waals surface area contributed by atoms with Crippen LogP contribution in [0.1, 0.15) is 16.7 Å². The van der Waals surface area contributed by atoms with Gasteiger partial charge in [-0.1, -0.05) is 66.7 Å². The molecule has 1 N–H and O–H groups in total. The maximum atomic E-state index is 14.4. The molecule has 7 heteroatoms. The van der Waals surface area contributed by atoms with Gasteiger partial charge in [0.1, 0.15) is 17.7 Å². The van der Waals surface area contributed by atoms with Crippen LogP contribution in [-0.4, -0.2) is 35.6 Å². The molecule has 3 aromatic rings. The molecule has 1 atom stereocenters. The molecule has 0 aliphatic heterocycles. The molecule has 2 amide bonds. The summed E-state index contributed by atoms with van der Waals surface area (Å²) < 4.78 is 28.3. The number of nitrogens with zero attached hydrogens (tertiary/aromatic N) is 1. The van der Waals surface area contributed by atoms with E-state index in [0.717, 1.165) is 5.56 Å². The maximum Gasteiger partial charge on any atom is 0.242 e. The molecule has 0 saturated heterocycles. The predicted octanol–water partition coefficient (Wildman–Crippen LogP) is 4.58. The smallest absolute Gasteiger partial charge is 0.242 e. The van der Waals surface area contributed by atoms with E-state index in [-0.39, 0.29) is 29.9 Å². The number of hydrogen-bond donors (Lipinski definition) is 1. The number of amides is 2. The lowest BCUT2D eigenvalue weighted by molar-refractivity contribution is -0.139. The van der Waals surface area contributed by atoms with Crippen molar-refractivity contribution in [1.29, 1.82) is 0 Å². The zero-order valence-corrected chi connectivity index (χ0v) is 19.2. The van der Waals surface area contributed by atoms with Crippen LogP contribution < -0.4 is 5.32 Å². The van der Waals surface area contributed by atoms with Crippen molar-refractivity contribution in [1.82, 2.24) is 10.2 Å². The Morgan fingerprint density at radius 1 is 0.879 bits per heavy atom. The number of benzene rings is 3. The molecule has 0 aliphatic rings. The number of hydrogen-bond acceptors (Lipinski definition) is 3. The standard InChI is InChI=1S/C26H26F2N2O2S/c1-29-26(32)24(15-19-9-3-2-4-10-19)30(16-20-11-5-7-13-22(20)27)25(31)18-33-17-21-12-6-8-14-23(21)28/h2-14,24H,15-18H2,1H3,(H,29,32). The van der Waals surface area contributed by atoms with Crippen LogP contribution in [0, 0.1) is 11.6 Å². The monoisotopic (exact) mass is 468 g/mol. The average molecular weight is 469 g/mol. The highest BCUT2D eigenvalue weighted by molar-refractivity contribution is 7.99. The van der Waals surface area contributed by atoms with Crippen LogP contribution in [0.2, 0.25) is 0 Å². The molecular formula is C26H26F2N2O2S. The molecule has 0 heterocycles. The van der Waals surface area contributed by atoms with E-state index in [0.29, 0.717) is 23.3 Å². The Kier molecular flexibility index (Phi) is 9.01. The van der Waals surface area contributed by atoms with Gasteiger partial charge in [0.15, 0.2) is 0 Å². The minimum Gasteiger partial charge on any atom is -0.357 e. The molecule has 0 bridgehead atoms. The topological polar surface area (TPSA) is 49.4 Å². The van der Waals surface area contributed by atoms with Crippen molar-refractivity contribution in [2.75, 3.05) is 12.8 Å². The van der Waals surface area contributed by atoms with Crippen molar-refractivity contribution in [3.05, 3.63) is 107 Å². The van der Waals surface area contributed by atoms with Crippen LogP contribution in [0.5, 0.6) is 0 Å². The Morgan fingerprint density at radius 2 is 1.45 bits per heavy atom. The Labute approximate surface area is 197 Å². The fourth-order valence-corrected chi connectivity index (χ4v) is 4.37. The van der Waals surface area contributed by atoms with E-state index >= 15 is 0 Å². The van der Waals surface area contributed by atoms with E-state index in [2.05, 4.69) is 5.32 Å². The van der Waals surface area contributed by atoms with E-state index in [4.69, 9.17) is 0 Å². The van der Waals surface area contributed by atoms with Crippen molar-refractivity contribution in [3.63, 3.8) is 0 Å². The number of carbonyl (C=O) groups excluding carboxylic acids is 2. The van der Waals surface area contributed by atoms with Gasteiger partial charge in [-0.2, -0.15) is 0 Å². The largest absolute Gasteiger partial charge is 0.357 e. The van der Waals surface area contributed by atoms with Crippen LogP contribution in [-0.2, 0) is 28.3 Å². The number of likely N-dealkylation sites (N-methyl/N-ethyl adjacent to an activating group) is 1. The van der Waals surface area contributed by atoms with Crippen LogP contribution in [0.15, 0.2) is 78.9 Å². The van der Waals surface area contributed by atoms with E-state index < -0.39 is 11.9 Å². The molecule has 3 aromatic carbocycles. The van der Waals surface area contributed by atoms with Crippen molar-refractivity contribution < 1.29 is 18.4 Å². The second-order valence-electron chi connectivity index (χ2n) is 7.52. The van der Waals surface area contributed by atoms with E-state index in [1.165, 1.54) is 35.8 Å². The summed E-state index contributed by atoms with van der Waals surface area (Å²) in [7, 11) is 1.51. The molecule has 33 heavy (non-hydrogen) atoms. The molecule has 0 aliphatic carbocycles. The first-order chi connectivity index (χ1) is 16.0. The number of thioether (sulfide) groups is 1. The van der Waals surface area contributed by atoms with Gasteiger partial charge in [0.25, 0.3) is 0 Å². The first-order valence-corrected chi connectivity index (χ1v) is 11.7. The van der Waals surface area contributed by atoms with Gasteiger partial charge in [-0.05, 0) is 23.3 Å². The Bertz CT molecular complexity index is 1080. The fraction of sp³-hybridized carbons (Fsp3) is 0.231. The highest BCUT2D eigenvalue weighted by atomic mass is 32.2. The van der Waals surface area contributed by atoms with Gasteiger partial charge >= 0.3 is 0 Å². The van der Waals surface area contributed by atoms with Gasteiger partial charge in [0, 0.05) is 31.3 Å². The predicted molar refractivity (Wildman–Crippen MR) is 128 cm³/mol. The summed E-state index contributed by atoms with van der Waals surface area (Å²) >= 11 is 1.26. The summed E-state index contributed by atoms with van der Waals surface area (Å²) in [5.41, 5.74) is 1.71. The van der Waals surface area contributed by atoms with Gasteiger partial charge in [0.05, 0.1) is 5.75 Å². The van der Waals surface area contributed by atoms with E-state index in [9.17, 15) is 18.4 Å². The average Bonchev–Trinajstić information content (AvgIpc) is 2.83. The highest BCUT2D eigenvalue weighted by Gasteiger charge is 2.30. The van der Waals surface area contributed by atoms with Crippen LogP contribution in [0.4, 0.5) is 8.78 Å². The SMILES string of the molecule is CNC(=O)C(Cc1ccccc1)N(Cc1ccccc1F)C(=O)CSCc1ccccc1F. The lowest BCUT2D eigenvalue weighted by Gasteiger charge is -2.31. The third-order valence-electron chi connectivity index (χ3n) is 5.26. The molecule has 0 spiro atoms. The summed E-state index contributed by atoms with van der Waals surface area (Å²) in [4.78, 5) is 27.5. The van der Waals surface area contributed by atoms with Crippen molar-refractivity contribution in [3.8, 4) is 0 Å². The van der Waals surface area contributed by atoms with Crippen molar-refractivity contribution >= 4 is 23.6 Å². The summed E-state index contributed by atoms with van der Waals surface area (Å²) in [5, 5.41) is 2.63. The number of carbonyl (C=O) groups is 2. The van der Waals surface area contributed by atoms with E-state index in [1.807, 2.05) is 30.3 Å². The summed E-state index contributed by atoms with van der Waals surface area (Å²) in [6, 6.07) is 21.2. The normalized spacial score (nSPS) is 11.6. The van der Waals surface area contributed by atoms with Gasteiger partial charge in [0.2, 0.25) is 11.8 Å². The zero-order valence-electron chi connectivity index (χ0n) is 18.3. The van der Waals surface area contributed by atoms with Crippen molar-refractivity contribution in [2.45, 2.75) is 24.8 Å². The van der Waals surface area contributed by atoms with Crippen molar-refractivity contribution in [2.24, 2.45) is 0 Å². The molecule has 3 rings (SSSR count). The molecule has 0 fully saturated rings. The quantitative estimate of drug-likeness (QED) is 0.474. The van der Waals surface area contributed by atoms with Gasteiger partial charge in [-0.15, -0.1) is 11.8 Å². The summed E-state index contributed by atoms with van der Waals surface area (Å²) in [5.74, 6) is -1.07. The first kappa shape index (κ1) is 24.5. The summed E-state index contributed by atoms with van der Waals surface area (Å²) in [6.07, 6.45) is 0.290. The third kappa shape index (κ3) is 6.89. The molecule has 172 valence electrons. The maximum absolute atomic E-state index is 14.4. The molecule has 1 unspecified atom stereocenters. The molecule has 0 radical (unpaired) electrons. The second kappa shape index (κ2) is 12.2. The minimum atomic E-state index is -0.821. The summed E-state index contributed by atoms with van der Waals surface area (Å²) in [6.45, 7) is -0.0450. The van der Waals surface area contributed by atoms with Gasteiger partial charge in [-0.25, -0.2) is 8.78 Å². The molecule has 0 saturated carbocycles. The number of halogens is 2.